The molecule has 0 aliphatic rings. The molecule has 1 heterocycles. The van der Waals surface area contributed by atoms with E-state index in [0.29, 0.717) is 12.3 Å². The highest BCUT2D eigenvalue weighted by molar-refractivity contribution is 5.69. The third kappa shape index (κ3) is 2.77. The van der Waals surface area contributed by atoms with Gasteiger partial charge in [-0.3, -0.25) is 4.68 Å². The molecule has 0 unspecified atom stereocenters. The highest BCUT2D eigenvalue weighted by atomic mass is 16.6. The molecule has 0 aliphatic carbocycles. The molecular formula is C8H13N3O2. The first kappa shape index (κ1) is 9.57. The van der Waals surface area contributed by atoms with Crippen molar-refractivity contribution < 1.29 is 9.53 Å². The Labute approximate surface area is 76.7 Å². The molecule has 0 saturated carbocycles. The predicted octanol–water partition coefficient (Wildman–Crippen LogP) is 1.01. The Hall–Kier alpha value is -1.52. The van der Waals surface area contributed by atoms with Crippen LogP contribution < -0.4 is 10.1 Å². The number of rotatable bonds is 3. The van der Waals surface area contributed by atoms with Gasteiger partial charge >= 0.3 is 6.09 Å². The molecule has 1 aromatic rings. The third-order valence-corrected chi connectivity index (χ3v) is 1.47. The zero-order valence-corrected chi connectivity index (χ0v) is 7.78. The van der Waals surface area contributed by atoms with E-state index in [2.05, 4.69) is 10.4 Å². The van der Waals surface area contributed by atoms with E-state index in [4.69, 9.17) is 4.74 Å². The van der Waals surface area contributed by atoms with Gasteiger partial charge in [0.1, 0.15) is 0 Å². The van der Waals surface area contributed by atoms with Gasteiger partial charge in [0, 0.05) is 13.1 Å². The van der Waals surface area contributed by atoms with Crippen LogP contribution in [0.1, 0.15) is 13.8 Å². The van der Waals surface area contributed by atoms with Gasteiger partial charge in [0.2, 0.25) is 0 Å². The fourth-order valence-corrected chi connectivity index (χ4v) is 0.858. The molecule has 0 saturated heterocycles. The van der Waals surface area contributed by atoms with Crippen molar-refractivity contribution in [3.63, 3.8) is 0 Å². The van der Waals surface area contributed by atoms with Gasteiger partial charge in [0.05, 0.1) is 12.4 Å². The van der Waals surface area contributed by atoms with Crippen molar-refractivity contribution in [1.29, 1.82) is 0 Å². The smallest absolute Gasteiger partial charge is 0.407 e. The number of ether oxygens (including phenoxy) is 1. The van der Waals surface area contributed by atoms with E-state index in [1.165, 1.54) is 6.20 Å². The van der Waals surface area contributed by atoms with E-state index >= 15 is 0 Å². The first-order valence-corrected chi connectivity index (χ1v) is 4.24. The monoisotopic (exact) mass is 183 g/mol. The molecule has 13 heavy (non-hydrogen) atoms. The maximum absolute atomic E-state index is 10.9. The largest absolute Gasteiger partial charge is 0.412 e. The van der Waals surface area contributed by atoms with Gasteiger partial charge < -0.3 is 10.1 Å². The first-order chi connectivity index (χ1) is 6.26. The van der Waals surface area contributed by atoms with E-state index in [0.717, 1.165) is 6.54 Å². The fraction of sp³-hybridized carbons (Fsp3) is 0.500. The number of nitrogens with zero attached hydrogens (tertiary/aromatic N) is 2. The van der Waals surface area contributed by atoms with Crippen LogP contribution in [0.3, 0.4) is 0 Å². The molecule has 0 spiro atoms. The van der Waals surface area contributed by atoms with Crippen molar-refractivity contribution in [1.82, 2.24) is 15.1 Å². The van der Waals surface area contributed by atoms with E-state index in [-0.39, 0.29) is 0 Å². The fourth-order valence-electron chi connectivity index (χ4n) is 0.858. The maximum Gasteiger partial charge on any atom is 0.412 e. The average Bonchev–Trinajstić information content (AvgIpc) is 2.52. The van der Waals surface area contributed by atoms with Crippen LogP contribution in [0.4, 0.5) is 4.79 Å². The Kier molecular flexibility index (Phi) is 3.31. The molecule has 1 N–H and O–H groups in total. The van der Waals surface area contributed by atoms with Crippen molar-refractivity contribution in [2.45, 2.75) is 20.4 Å². The average molecular weight is 183 g/mol. The van der Waals surface area contributed by atoms with E-state index < -0.39 is 6.09 Å². The number of carbonyl (C=O) groups excluding carboxylic acids is 1. The standard InChI is InChI=1S/C8H13N3O2/c1-3-9-8(12)13-7-5-10-11(4-2)6-7/h5-6H,3-4H2,1-2H3,(H,9,12). The number of nitrogens with one attached hydrogen (secondary N) is 1. The lowest BCUT2D eigenvalue weighted by atomic mass is 10.6. The highest BCUT2D eigenvalue weighted by Crippen LogP contribution is 2.07. The second-order valence-electron chi connectivity index (χ2n) is 2.45. The molecule has 0 aromatic carbocycles. The van der Waals surface area contributed by atoms with E-state index in [1.54, 1.807) is 10.9 Å². The van der Waals surface area contributed by atoms with Crippen LogP contribution in [0.15, 0.2) is 12.4 Å². The first-order valence-electron chi connectivity index (χ1n) is 4.24. The van der Waals surface area contributed by atoms with Crippen molar-refractivity contribution in [3.05, 3.63) is 12.4 Å². The second-order valence-corrected chi connectivity index (χ2v) is 2.45. The lowest BCUT2D eigenvalue weighted by molar-refractivity contribution is 0.201. The van der Waals surface area contributed by atoms with Crippen molar-refractivity contribution in [2.75, 3.05) is 6.54 Å². The lowest BCUT2D eigenvalue weighted by Crippen LogP contribution is -2.26. The Bertz CT molecular complexity index is 283. The van der Waals surface area contributed by atoms with Crippen LogP contribution in [0, 0.1) is 0 Å². The van der Waals surface area contributed by atoms with Gasteiger partial charge in [-0.2, -0.15) is 5.10 Å². The Morgan fingerprint density at radius 3 is 3.00 bits per heavy atom. The molecule has 0 radical (unpaired) electrons. The van der Waals surface area contributed by atoms with Crippen molar-refractivity contribution in [2.24, 2.45) is 0 Å². The van der Waals surface area contributed by atoms with Crippen LogP contribution in [-0.2, 0) is 6.54 Å². The molecule has 1 aromatic heterocycles. The second kappa shape index (κ2) is 4.49. The molecule has 72 valence electrons. The minimum absolute atomic E-state index is 0.446. The summed E-state index contributed by atoms with van der Waals surface area (Å²) in [5, 5.41) is 6.48. The third-order valence-electron chi connectivity index (χ3n) is 1.47. The summed E-state index contributed by atoms with van der Waals surface area (Å²) in [7, 11) is 0. The van der Waals surface area contributed by atoms with Crippen LogP contribution in [0.2, 0.25) is 0 Å². The molecule has 5 nitrogen and oxygen atoms in total. The zero-order valence-electron chi connectivity index (χ0n) is 7.78. The van der Waals surface area contributed by atoms with Crippen LogP contribution in [-0.4, -0.2) is 22.4 Å². The minimum Gasteiger partial charge on any atom is -0.407 e. The maximum atomic E-state index is 10.9. The van der Waals surface area contributed by atoms with Crippen LogP contribution in [0.25, 0.3) is 0 Å². The topological polar surface area (TPSA) is 56.1 Å². The summed E-state index contributed by atoms with van der Waals surface area (Å²) >= 11 is 0. The molecular weight excluding hydrogens is 170 g/mol. The summed E-state index contributed by atoms with van der Waals surface area (Å²) in [4.78, 5) is 10.9. The molecule has 1 rings (SSSR count). The zero-order chi connectivity index (χ0) is 9.68. The van der Waals surface area contributed by atoms with Gasteiger partial charge in [-0.05, 0) is 13.8 Å². The van der Waals surface area contributed by atoms with Crippen molar-refractivity contribution in [3.8, 4) is 5.75 Å². The lowest BCUT2D eigenvalue weighted by Gasteiger charge is -2.00. The number of aromatic nitrogens is 2. The quantitative estimate of drug-likeness (QED) is 0.760. The molecule has 0 atom stereocenters. The summed E-state index contributed by atoms with van der Waals surface area (Å²) in [6.07, 6.45) is 2.74. The molecule has 1 amide bonds. The van der Waals surface area contributed by atoms with Gasteiger partial charge in [-0.15, -0.1) is 0 Å². The minimum atomic E-state index is -0.446. The summed E-state index contributed by atoms with van der Waals surface area (Å²) in [6, 6.07) is 0. The summed E-state index contributed by atoms with van der Waals surface area (Å²) in [5.74, 6) is 0.466. The van der Waals surface area contributed by atoms with E-state index in [1.807, 2.05) is 13.8 Å². The normalized spacial score (nSPS) is 9.69. The number of hydrogen-bond acceptors (Lipinski definition) is 3. The summed E-state index contributed by atoms with van der Waals surface area (Å²) in [5.41, 5.74) is 0. The Morgan fingerprint density at radius 1 is 1.69 bits per heavy atom. The molecule has 0 bridgehead atoms. The number of amides is 1. The van der Waals surface area contributed by atoms with Gasteiger partial charge in [-0.1, -0.05) is 0 Å². The SMILES string of the molecule is CCNC(=O)Oc1cnn(CC)c1. The van der Waals surface area contributed by atoms with Crippen LogP contribution >= 0.6 is 0 Å². The van der Waals surface area contributed by atoms with E-state index in [9.17, 15) is 4.79 Å². The number of hydrogen-bond donors (Lipinski definition) is 1. The molecule has 5 heteroatoms. The van der Waals surface area contributed by atoms with Crippen molar-refractivity contribution >= 4 is 6.09 Å². The Morgan fingerprint density at radius 2 is 2.46 bits per heavy atom. The van der Waals surface area contributed by atoms with Gasteiger partial charge in [0.15, 0.2) is 5.75 Å². The van der Waals surface area contributed by atoms with Gasteiger partial charge in [0.25, 0.3) is 0 Å². The molecule has 0 aliphatic heterocycles. The number of aryl methyl sites for hydroxylation is 1. The molecule has 0 fully saturated rings. The Balaban J connectivity index is 2.49. The predicted molar refractivity (Wildman–Crippen MR) is 47.6 cm³/mol. The number of carbonyl (C=O) groups is 1. The summed E-state index contributed by atoms with van der Waals surface area (Å²) < 4.78 is 6.59. The summed E-state index contributed by atoms with van der Waals surface area (Å²) in [6.45, 7) is 5.11. The van der Waals surface area contributed by atoms with Crippen LogP contribution in [0.5, 0.6) is 5.75 Å². The van der Waals surface area contributed by atoms with Gasteiger partial charge in [-0.25, -0.2) is 4.79 Å². The highest BCUT2D eigenvalue weighted by Gasteiger charge is 2.03.